The number of hydrogen-bond donors (Lipinski definition) is 0. The van der Waals surface area contributed by atoms with Gasteiger partial charge >= 0.3 is 0 Å². The van der Waals surface area contributed by atoms with Gasteiger partial charge in [0.25, 0.3) is 5.91 Å². The molecule has 0 bridgehead atoms. The summed E-state index contributed by atoms with van der Waals surface area (Å²) in [6.45, 7) is 0.0665. The summed E-state index contributed by atoms with van der Waals surface area (Å²) < 4.78 is 29.9. The summed E-state index contributed by atoms with van der Waals surface area (Å²) in [5.74, 6) is -0.967. The number of carbonyl (C=O) groups excluding carboxylic acids is 2. The Morgan fingerprint density at radius 2 is 1.50 bits per heavy atom. The third kappa shape index (κ3) is 4.72. The van der Waals surface area contributed by atoms with Crippen molar-refractivity contribution in [3.05, 3.63) is 107 Å². The Balaban J connectivity index is 1.53. The Morgan fingerprint density at radius 1 is 0.833 bits per heavy atom. The number of hydrogen-bond acceptors (Lipinski definition) is 4. The molecular formula is C28H23BrN2O4S. The Morgan fingerprint density at radius 3 is 2.22 bits per heavy atom. The number of carbonyl (C=O) groups is 2. The van der Waals surface area contributed by atoms with Crippen LogP contribution in [0.1, 0.15) is 12.0 Å². The van der Waals surface area contributed by atoms with Gasteiger partial charge in [0.2, 0.25) is 15.9 Å². The minimum atomic E-state index is -4.09. The van der Waals surface area contributed by atoms with Crippen LogP contribution in [0.15, 0.2) is 106 Å². The molecule has 0 aromatic heterocycles. The largest absolute Gasteiger partial charge is 0.274 e. The Labute approximate surface area is 218 Å². The van der Waals surface area contributed by atoms with Gasteiger partial charge in [0.05, 0.1) is 17.0 Å². The summed E-state index contributed by atoms with van der Waals surface area (Å²) in [5, 5.41) is 1.70. The van der Waals surface area contributed by atoms with Crippen molar-refractivity contribution >= 4 is 54.2 Å². The van der Waals surface area contributed by atoms with E-state index in [-0.39, 0.29) is 17.9 Å². The first-order valence-electron chi connectivity index (χ1n) is 11.5. The van der Waals surface area contributed by atoms with Crippen molar-refractivity contribution in [1.29, 1.82) is 0 Å². The Hall–Kier alpha value is -3.33. The molecule has 0 radical (unpaired) electrons. The lowest BCUT2D eigenvalue weighted by Crippen LogP contribution is -2.46. The SMILES string of the molecule is O=C1CC(N(CCc2ccccc2)S(=O)(=O)c2ccc3ccccc3c2)C(=O)N1c1ccc(Br)cc1. The smallest absolute Gasteiger partial charge is 0.252 e. The molecule has 36 heavy (non-hydrogen) atoms. The fourth-order valence-corrected chi connectivity index (χ4v) is 6.38. The van der Waals surface area contributed by atoms with Crippen molar-refractivity contribution in [2.75, 3.05) is 11.4 Å². The van der Waals surface area contributed by atoms with E-state index in [0.29, 0.717) is 12.1 Å². The first-order valence-corrected chi connectivity index (χ1v) is 13.7. The van der Waals surface area contributed by atoms with Crippen molar-refractivity contribution in [1.82, 2.24) is 4.31 Å². The summed E-state index contributed by atoms with van der Waals surface area (Å²) >= 11 is 3.36. The van der Waals surface area contributed by atoms with Crippen molar-refractivity contribution in [2.45, 2.75) is 23.8 Å². The third-order valence-corrected chi connectivity index (χ3v) is 8.78. The first-order chi connectivity index (χ1) is 17.3. The number of benzene rings is 4. The van der Waals surface area contributed by atoms with Crippen LogP contribution in [0.25, 0.3) is 10.8 Å². The molecule has 2 amide bonds. The van der Waals surface area contributed by atoms with Crippen LogP contribution < -0.4 is 4.90 Å². The molecule has 1 aliphatic heterocycles. The van der Waals surface area contributed by atoms with Crippen LogP contribution in [0.5, 0.6) is 0 Å². The molecule has 5 rings (SSSR count). The minimum absolute atomic E-state index is 0.0665. The molecule has 1 aliphatic rings. The maximum absolute atomic E-state index is 14.0. The number of anilines is 1. The van der Waals surface area contributed by atoms with Crippen LogP contribution in [-0.2, 0) is 26.0 Å². The van der Waals surface area contributed by atoms with Gasteiger partial charge in [-0.05, 0) is 59.2 Å². The van der Waals surface area contributed by atoms with Gasteiger partial charge in [-0.3, -0.25) is 9.59 Å². The number of imide groups is 1. The molecule has 0 spiro atoms. The topological polar surface area (TPSA) is 74.8 Å². The van der Waals surface area contributed by atoms with Crippen LogP contribution in [0.3, 0.4) is 0 Å². The van der Waals surface area contributed by atoms with Crippen LogP contribution in [0.4, 0.5) is 5.69 Å². The third-order valence-electron chi connectivity index (χ3n) is 6.35. The number of nitrogens with zero attached hydrogens (tertiary/aromatic N) is 2. The minimum Gasteiger partial charge on any atom is -0.274 e. The molecule has 4 aromatic carbocycles. The van der Waals surface area contributed by atoms with E-state index < -0.39 is 27.9 Å². The van der Waals surface area contributed by atoms with Gasteiger partial charge in [-0.1, -0.05) is 76.6 Å². The predicted octanol–water partition coefficient (Wildman–Crippen LogP) is 5.17. The highest BCUT2D eigenvalue weighted by Gasteiger charge is 2.46. The number of fused-ring (bicyclic) bond motifs is 1. The number of rotatable bonds is 7. The lowest BCUT2D eigenvalue weighted by Gasteiger charge is -2.27. The van der Waals surface area contributed by atoms with Crippen molar-refractivity contribution in [2.24, 2.45) is 0 Å². The van der Waals surface area contributed by atoms with Gasteiger partial charge in [0, 0.05) is 11.0 Å². The fraction of sp³-hybridized carbons (Fsp3) is 0.143. The van der Waals surface area contributed by atoms with E-state index >= 15 is 0 Å². The number of sulfonamides is 1. The summed E-state index contributed by atoms with van der Waals surface area (Å²) in [6, 6.07) is 27.6. The lowest BCUT2D eigenvalue weighted by atomic mass is 10.1. The Kier molecular flexibility index (Phi) is 6.75. The zero-order chi connectivity index (χ0) is 25.3. The van der Waals surface area contributed by atoms with E-state index in [1.165, 1.54) is 4.31 Å². The molecule has 1 saturated heterocycles. The fourth-order valence-electron chi connectivity index (χ4n) is 4.49. The molecule has 4 aromatic rings. The van der Waals surface area contributed by atoms with E-state index in [1.54, 1.807) is 42.5 Å². The average molecular weight is 563 g/mol. The van der Waals surface area contributed by atoms with Gasteiger partial charge in [-0.25, -0.2) is 13.3 Å². The molecule has 1 atom stereocenters. The molecule has 0 N–H and O–H groups in total. The zero-order valence-corrected chi connectivity index (χ0v) is 21.7. The maximum atomic E-state index is 14.0. The van der Waals surface area contributed by atoms with Crippen LogP contribution in [0.2, 0.25) is 0 Å². The molecule has 8 heteroatoms. The van der Waals surface area contributed by atoms with E-state index in [2.05, 4.69) is 15.9 Å². The number of halogens is 1. The van der Waals surface area contributed by atoms with Gasteiger partial charge in [-0.15, -0.1) is 0 Å². The standard InChI is InChI=1S/C28H23BrN2O4S/c29-23-11-13-24(14-12-23)31-27(32)19-26(28(31)33)30(17-16-20-6-2-1-3-7-20)36(34,35)25-15-10-21-8-4-5-9-22(21)18-25/h1-15,18,26H,16-17,19H2. The number of amides is 2. The van der Waals surface area contributed by atoms with Crippen LogP contribution >= 0.6 is 15.9 Å². The zero-order valence-electron chi connectivity index (χ0n) is 19.2. The van der Waals surface area contributed by atoms with Gasteiger partial charge < -0.3 is 0 Å². The molecule has 6 nitrogen and oxygen atoms in total. The monoisotopic (exact) mass is 562 g/mol. The highest BCUT2D eigenvalue weighted by Crippen LogP contribution is 2.31. The predicted molar refractivity (Wildman–Crippen MR) is 143 cm³/mol. The van der Waals surface area contributed by atoms with Crippen molar-refractivity contribution < 1.29 is 18.0 Å². The summed E-state index contributed by atoms with van der Waals surface area (Å²) in [6.07, 6.45) is 0.195. The van der Waals surface area contributed by atoms with E-state index in [4.69, 9.17) is 0 Å². The highest BCUT2D eigenvalue weighted by atomic mass is 79.9. The molecule has 182 valence electrons. The van der Waals surface area contributed by atoms with Crippen LogP contribution in [0, 0.1) is 0 Å². The molecule has 0 aliphatic carbocycles. The van der Waals surface area contributed by atoms with E-state index in [0.717, 1.165) is 25.7 Å². The molecular weight excluding hydrogens is 540 g/mol. The summed E-state index contributed by atoms with van der Waals surface area (Å²) in [5.41, 5.74) is 1.36. The second-order valence-corrected chi connectivity index (χ2v) is 11.4. The Bertz CT molecular complexity index is 1540. The van der Waals surface area contributed by atoms with Gasteiger partial charge in [0.15, 0.2) is 0 Å². The quantitative estimate of drug-likeness (QED) is 0.291. The van der Waals surface area contributed by atoms with E-state index in [9.17, 15) is 18.0 Å². The molecule has 0 saturated carbocycles. The highest BCUT2D eigenvalue weighted by molar-refractivity contribution is 9.10. The normalized spacial score (nSPS) is 16.3. The summed E-state index contributed by atoms with van der Waals surface area (Å²) in [4.78, 5) is 27.7. The average Bonchev–Trinajstić information content (AvgIpc) is 3.18. The van der Waals surface area contributed by atoms with Crippen LogP contribution in [-0.4, -0.2) is 37.1 Å². The second kappa shape index (κ2) is 9.97. The van der Waals surface area contributed by atoms with E-state index in [1.807, 2.05) is 54.6 Å². The van der Waals surface area contributed by atoms with Gasteiger partial charge in [-0.2, -0.15) is 4.31 Å². The second-order valence-electron chi connectivity index (χ2n) is 8.62. The maximum Gasteiger partial charge on any atom is 0.252 e. The van der Waals surface area contributed by atoms with Crippen molar-refractivity contribution in [3.63, 3.8) is 0 Å². The lowest BCUT2D eigenvalue weighted by molar-refractivity contribution is -0.122. The van der Waals surface area contributed by atoms with Gasteiger partial charge in [0.1, 0.15) is 6.04 Å². The van der Waals surface area contributed by atoms with Crippen molar-refractivity contribution in [3.8, 4) is 0 Å². The molecule has 1 fully saturated rings. The molecule has 1 unspecified atom stereocenters. The summed E-state index contributed by atoms with van der Waals surface area (Å²) in [7, 11) is -4.09. The molecule has 1 heterocycles. The first kappa shape index (κ1) is 24.4.